The SMILES string of the molecule is COC(=O)C(NC(=N)N)c1c[nH]c2ccccc12. The first kappa shape index (κ1) is 12.0. The molecule has 18 heavy (non-hydrogen) atoms. The zero-order chi connectivity index (χ0) is 13.1. The molecule has 0 amide bonds. The Balaban J connectivity index is 2.47. The van der Waals surface area contributed by atoms with Gasteiger partial charge in [0, 0.05) is 22.7 Å². The number of hydrogen-bond acceptors (Lipinski definition) is 3. The van der Waals surface area contributed by atoms with Gasteiger partial charge in [-0.1, -0.05) is 18.2 Å². The van der Waals surface area contributed by atoms with E-state index in [-0.39, 0.29) is 5.96 Å². The van der Waals surface area contributed by atoms with Crippen molar-refractivity contribution in [2.24, 2.45) is 5.73 Å². The second kappa shape index (κ2) is 4.79. The summed E-state index contributed by atoms with van der Waals surface area (Å²) in [5.74, 6) is -0.773. The topological polar surface area (TPSA) is 104 Å². The number of hydrogen-bond donors (Lipinski definition) is 4. The summed E-state index contributed by atoms with van der Waals surface area (Å²) in [6.07, 6.45) is 1.71. The number of rotatable bonds is 3. The summed E-state index contributed by atoms with van der Waals surface area (Å²) in [5.41, 5.74) is 6.90. The second-order valence-electron chi connectivity index (χ2n) is 3.80. The first-order valence-electron chi connectivity index (χ1n) is 5.38. The van der Waals surface area contributed by atoms with Crippen molar-refractivity contribution >= 4 is 22.8 Å². The van der Waals surface area contributed by atoms with Crippen molar-refractivity contribution < 1.29 is 9.53 Å². The summed E-state index contributed by atoms with van der Waals surface area (Å²) < 4.78 is 4.72. The Hall–Kier alpha value is -2.50. The molecule has 0 aliphatic heterocycles. The van der Waals surface area contributed by atoms with Crippen LogP contribution in [0.4, 0.5) is 0 Å². The fraction of sp³-hybridized carbons (Fsp3) is 0.167. The number of benzene rings is 1. The predicted molar refractivity (Wildman–Crippen MR) is 68.1 cm³/mol. The van der Waals surface area contributed by atoms with Crippen LogP contribution in [0.1, 0.15) is 11.6 Å². The maximum absolute atomic E-state index is 11.7. The molecule has 2 aromatic rings. The molecule has 0 spiro atoms. The van der Waals surface area contributed by atoms with Crippen LogP contribution in [-0.2, 0) is 9.53 Å². The summed E-state index contributed by atoms with van der Waals surface area (Å²) in [4.78, 5) is 14.8. The molecule has 1 aromatic heterocycles. The molecule has 1 atom stereocenters. The largest absolute Gasteiger partial charge is 0.467 e. The molecular formula is C12H14N4O2. The highest BCUT2D eigenvalue weighted by atomic mass is 16.5. The summed E-state index contributed by atoms with van der Waals surface area (Å²) in [6.45, 7) is 0. The van der Waals surface area contributed by atoms with Gasteiger partial charge in [0.05, 0.1) is 7.11 Å². The second-order valence-corrected chi connectivity index (χ2v) is 3.80. The number of fused-ring (bicyclic) bond motifs is 1. The molecule has 1 heterocycles. The summed E-state index contributed by atoms with van der Waals surface area (Å²) in [7, 11) is 1.30. The number of nitrogens with two attached hydrogens (primary N) is 1. The van der Waals surface area contributed by atoms with Gasteiger partial charge in [0.2, 0.25) is 0 Å². The van der Waals surface area contributed by atoms with Crippen molar-refractivity contribution in [3.63, 3.8) is 0 Å². The van der Waals surface area contributed by atoms with Crippen molar-refractivity contribution in [1.82, 2.24) is 10.3 Å². The zero-order valence-electron chi connectivity index (χ0n) is 9.86. The van der Waals surface area contributed by atoms with E-state index < -0.39 is 12.0 Å². The van der Waals surface area contributed by atoms with E-state index in [1.807, 2.05) is 24.3 Å². The lowest BCUT2D eigenvalue weighted by molar-refractivity contribution is -0.142. The van der Waals surface area contributed by atoms with Crippen molar-refractivity contribution in [1.29, 1.82) is 5.41 Å². The monoisotopic (exact) mass is 246 g/mol. The van der Waals surface area contributed by atoms with E-state index in [1.165, 1.54) is 7.11 Å². The van der Waals surface area contributed by atoms with Gasteiger partial charge in [-0.3, -0.25) is 5.41 Å². The number of H-pyrrole nitrogens is 1. The minimum atomic E-state index is -0.788. The fourth-order valence-electron chi connectivity index (χ4n) is 1.87. The molecule has 6 heteroatoms. The number of nitrogens with one attached hydrogen (secondary N) is 3. The van der Waals surface area contributed by atoms with Crippen molar-refractivity contribution in [3.05, 3.63) is 36.0 Å². The standard InChI is InChI=1S/C12H14N4O2/c1-18-11(17)10(16-12(13)14)8-6-15-9-5-3-2-4-7(8)9/h2-6,10,15H,1H3,(H4,13,14,16). The maximum atomic E-state index is 11.7. The van der Waals surface area contributed by atoms with Gasteiger partial charge in [-0.05, 0) is 6.07 Å². The smallest absolute Gasteiger partial charge is 0.333 e. The van der Waals surface area contributed by atoms with Crippen molar-refractivity contribution in [2.75, 3.05) is 7.11 Å². The molecule has 94 valence electrons. The predicted octanol–water partition coefficient (Wildman–Crippen LogP) is 0.865. The Morgan fingerprint density at radius 2 is 2.22 bits per heavy atom. The molecule has 2 rings (SSSR count). The van der Waals surface area contributed by atoms with Gasteiger partial charge >= 0.3 is 5.97 Å². The average molecular weight is 246 g/mol. The summed E-state index contributed by atoms with van der Waals surface area (Å²) in [6, 6.07) is 6.78. The van der Waals surface area contributed by atoms with Gasteiger partial charge in [-0.2, -0.15) is 0 Å². The number of esters is 1. The summed E-state index contributed by atoms with van der Waals surface area (Å²) in [5, 5.41) is 10.7. The number of aromatic amines is 1. The third kappa shape index (κ3) is 2.13. The highest BCUT2D eigenvalue weighted by molar-refractivity contribution is 5.92. The normalized spacial score (nSPS) is 12.1. The minimum Gasteiger partial charge on any atom is -0.467 e. The Kier molecular flexibility index (Phi) is 3.18. The van der Waals surface area contributed by atoms with Crippen LogP contribution in [0.2, 0.25) is 0 Å². The van der Waals surface area contributed by atoms with Crippen molar-refractivity contribution in [2.45, 2.75) is 6.04 Å². The van der Waals surface area contributed by atoms with Gasteiger partial charge in [0.25, 0.3) is 0 Å². The lowest BCUT2D eigenvalue weighted by Crippen LogP contribution is -2.38. The number of guanidine groups is 1. The number of carbonyl (C=O) groups excluding carboxylic acids is 1. The first-order valence-corrected chi connectivity index (χ1v) is 5.38. The van der Waals surface area contributed by atoms with Gasteiger partial charge < -0.3 is 20.8 Å². The molecule has 0 saturated heterocycles. The van der Waals surface area contributed by atoms with E-state index in [4.69, 9.17) is 15.9 Å². The van der Waals surface area contributed by atoms with Crippen LogP contribution in [0.3, 0.4) is 0 Å². The molecule has 0 fully saturated rings. The molecule has 6 nitrogen and oxygen atoms in total. The third-order valence-corrected chi connectivity index (χ3v) is 2.67. The quantitative estimate of drug-likeness (QED) is 0.366. The molecule has 0 radical (unpaired) electrons. The fourth-order valence-corrected chi connectivity index (χ4v) is 1.87. The molecule has 0 bridgehead atoms. The number of carbonyl (C=O) groups is 1. The Morgan fingerprint density at radius 3 is 2.89 bits per heavy atom. The molecule has 1 unspecified atom stereocenters. The lowest BCUT2D eigenvalue weighted by Gasteiger charge is -2.15. The van der Waals surface area contributed by atoms with Crippen LogP contribution < -0.4 is 11.1 Å². The van der Waals surface area contributed by atoms with E-state index in [9.17, 15) is 4.79 Å². The number of methoxy groups -OCH3 is 1. The number of aromatic nitrogens is 1. The highest BCUT2D eigenvalue weighted by Gasteiger charge is 2.24. The van der Waals surface area contributed by atoms with Gasteiger partial charge in [-0.15, -0.1) is 0 Å². The van der Waals surface area contributed by atoms with E-state index in [0.29, 0.717) is 5.56 Å². The lowest BCUT2D eigenvalue weighted by atomic mass is 10.1. The van der Waals surface area contributed by atoms with E-state index in [2.05, 4.69) is 10.3 Å². The molecule has 0 aliphatic rings. The van der Waals surface area contributed by atoms with E-state index in [1.54, 1.807) is 6.20 Å². The Bertz CT molecular complexity index is 591. The van der Waals surface area contributed by atoms with E-state index in [0.717, 1.165) is 10.9 Å². The van der Waals surface area contributed by atoms with Crippen molar-refractivity contribution in [3.8, 4) is 0 Å². The van der Waals surface area contributed by atoms with Gasteiger partial charge in [0.15, 0.2) is 12.0 Å². The molecular weight excluding hydrogens is 232 g/mol. The summed E-state index contributed by atoms with van der Waals surface area (Å²) >= 11 is 0. The van der Waals surface area contributed by atoms with Crippen LogP contribution >= 0.6 is 0 Å². The Labute approximate surface area is 104 Å². The number of para-hydroxylation sites is 1. The minimum absolute atomic E-state index is 0.282. The van der Waals surface area contributed by atoms with Gasteiger partial charge in [-0.25, -0.2) is 4.79 Å². The highest BCUT2D eigenvalue weighted by Crippen LogP contribution is 2.24. The van der Waals surface area contributed by atoms with Crippen LogP contribution in [0.15, 0.2) is 30.5 Å². The van der Waals surface area contributed by atoms with E-state index >= 15 is 0 Å². The first-order chi connectivity index (χ1) is 8.63. The molecule has 0 aliphatic carbocycles. The van der Waals surface area contributed by atoms with Crippen LogP contribution in [0.5, 0.6) is 0 Å². The maximum Gasteiger partial charge on any atom is 0.333 e. The number of ether oxygens (including phenoxy) is 1. The molecule has 1 aromatic carbocycles. The average Bonchev–Trinajstić information content (AvgIpc) is 2.78. The van der Waals surface area contributed by atoms with Crippen LogP contribution in [0.25, 0.3) is 10.9 Å². The molecule has 5 N–H and O–H groups in total. The van der Waals surface area contributed by atoms with Gasteiger partial charge in [0.1, 0.15) is 0 Å². The van der Waals surface area contributed by atoms with Crippen LogP contribution in [-0.4, -0.2) is 24.0 Å². The Morgan fingerprint density at radius 1 is 1.50 bits per heavy atom. The molecule has 0 saturated carbocycles. The zero-order valence-corrected chi connectivity index (χ0v) is 9.86. The third-order valence-electron chi connectivity index (χ3n) is 2.67. The van der Waals surface area contributed by atoms with Crippen LogP contribution in [0, 0.1) is 5.41 Å².